The number of halogens is 2. The molecule has 0 bridgehead atoms. The summed E-state index contributed by atoms with van der Waals surface area (Å²) in [5, 5.41) is 5.90. The number of aryl methyl sites for hydroxylation is 1. The summed E-state index contributed by atoms with van der Waals surface area (Å²) in [5.74, 6) is -0.227. The molecule has 0 fully saturated rings. The fourth-order valence-electron chi connectivity index (χ4n) is 1.80. The van der Waals surface area contributed by atoms with Gasteiger partial charge in [-0.25, -0.2) is 8.78 Å². The van der Waals surface area contributed by atoms with Crippen molar-refractivity contribution in [3.8, 4) is 0 Å². The number of nitrogens with one attached hydrogen (secondary N) is 2. The number of benzene rings is 1. The molecule has 0 radical (unpaired) electrons. The number of carbonyl (C=O) groups excluding carboxylic acids is 1. The van der Waals surface area contributed by atoms with Crippen LogP contribution in [-0.4, -0.2) is 38.6 Å². The number of hydrogen-bond donors (Lipinski definition) is 2. The highest BCUT2D eigenvalue weighted by Crippen LogP contribution is 2.15. The first-order valence-electron chi connectivity index (χ1n) is 7.03. The minimum absolute atomic E-state index is 0.0747. The van der Waals surface area contributed by atoms with Crippen molar-refractivity contribution in [3.63, 3.8) is 0 Å². The van der Waals surface area contributed by atoms with Crippen molar-refractivity contribution < 1.29 is 18.3 Å². The van der Waals surface area contributed by atoms with Gasteiger partial charge < -0.3 is 15.4 Å². The quantitative estimate of drug-likeness (QED) is 0.690. The summed E-state index contributed by atoms with van der Waals surface area (Å²) in [6.45, 7) is 4.50. The summed E-state index contributed by atoms with van der Waals surface area (Å²) in [4.78, 5) is 12.0. The van der Waals surface area contributed by atoms with Gasteiger partial charge in [0.1, 0.15) is 6.61 Å². The lowest BCUT2D eigenvalue weighted by Crippen LogP contribution is -2.28. The Morgan fingerprint density at radius 3 is 2.71 bits per heavy atom. The highest BCUT2D eigenvalue weighted by molar-refractivity contribution is 5.96. The number of carbonyl (C=O) groups is 1. The molecule has 0 aliphatic heterocycles. The molecule has 0 aromatic heterocycles. The zero-order valence-corrected chi connectivity index (χ0v) is 12.4. The van der Waals surface area contributed by atoms with Crippen molar-refractivity contribution in [2.24, 2.45) is 0 Å². The Morgan fingerprint density at radius 2 is 2.10 bits per heavy atom. The third-order valence-electron chi connectivity index (χ3n) is 2.83. The SMILES string of the molecule is CCCNc1ccc(C(=O)NCCOCC(F)F)c(C)c1. The molecule has 1 aromatic carbocycles. The second kappa shape index (κ2) is 9.28. The molecule has 2 N–H and O–H groups in total. The van der Waals surface area contributed by atoms with Crippen molar-refractivity contribution >= 4 is 11.6 Å². The normalized spacial score (nSPS) is 10.7. The third-order valence-corrected chi connectivity index (χ3v) is 2.83. The highest BCUT2D eigenvalue weighted by Gasteiger charge is 2.09. The Bertz CT molecular complexity index is 453. The molecule has 1 aromatic rings. The molecule has 0 unspecified atom stereocenters. The Morgan fingerprint density at radius 1 is 1.33 bits per heavy atom. The van der Waals surface area contributed by atoms with Crippen LogP contribution in [0.2, 0.25) is 0 Å². The van der Waals surface area contributed by atoms with Gasteiger partial charge in [-0.3, -0.25) is 4.79 Å². The molecule has 0 saturated carbocycles. The minimum Gasteiger partial charge on any atom is -0.385 e. The molecule has 1 amide bonds. The summed E-state index contributed by atoms with van der Waals surface area (Å²) >= 11 is 0. The predicted octanol–water partition coefficient (Wildman–Crippen LogP) is 2.83. The first-order valence-corrected chi connectivity index (χ1v) is 7.03. The average molecular weight is 300 g/mol. The van der Waals surface area contributed by atoms with Gasteiger partial charge in [0.2, 0.25) is 0 Å². The largest absolute Gasteiger partial charge is 0.385 e. The van der Waals surface area contributed by atoms with Gasteiger partial charge in [-0.1, -0.05) is 6.92 Å². The smallest absolute Gasteiger partial charge is 0.261 e. The zero-order chi connectivity index (χ0) is 15.7. The lowest BCUT2D eigenvalue weighted by molar-refractivity contribution is 0.0188. The zero-order valence-electron chi connectivity index (χ0n) is 12.4. The van der Waals surface area contributed by atoms with Gasteiger partial charge in [-0.15, -0.1) is 0 Å². The number of alkyl halides is 2. The monoisotopic (exact) mass is 300 g/mol. The van der Waals surface area contributed by atoms with E-state index in [1.54, 1.807) is 6.07 Å². The Balaban J connectivity index is 2.43. The predicted molar refractivity (Wildman–Crippen MR) is 79.1 cm³/mol. The van der Waals surface area contributed by atoms with E-state index < -0.39 is 13.0 Å². The summed E-state index contributed by atoms with van der Waals surface area (Å²) in [7, 11) is 0. The van der Waals surface area contributed by atoms with Crippen LogP contribution in [0.1, 0.15) is 29.3 Å². The van der Waals surface area contributed by atoms with Crippen molar-refractivity contribution in [2.45, 2.75) is 26.7 Å². The fraction of sp³-hybridized carbons (Fsp3) is 0.533. The van der Waals surface area contributed by atoms with Crippen LogP contribution in [0.25, 0.3) is 0 Å². The summed E-state index contributed by atoms with van der Waals surface area (Å²) in [6, 6.07) is 5.52. The van der Waals surface area contributed by atoms with E-state index in [1.165, 1.54) is 0 Å². The molecule has 0 heterocycles. The van der Waals surface area contributed by atoms with Crippen LogP contribution in [0.4, 0.5) is 14.5 Å². The maximum absolute atomic E-state index is 12.0. The summed E-state index contributed by atoms with van der Waals surface area (Å²) in [6.07, 6.45) is -1.45. The van der Waals surface area contributed by atoms with Crippen LogP contribution in [0.15, 0.2) is 18.2 Å². The number of rotatable bonds is 9. The second-order valence-corrected chi connectivity index (χ2v) is 4.68. The Labute approximate surface area is 123 Å². The summed E-state index contributed by atoms with van der Waals surface area (Å²) in [5.41, 5.74) is 2.42. The van der Waals surface area contributed by atoms with Crippen LogP contribution in [0.3, 0.4) is 0 Å². The van der Waals surface area contributed by atoms with E-state index in [0.29, 0.717) is 5.56 Å². The Kier molecular flexibility index (Phi) is 7.68. The second-order valence-electron chi connectivity index (χ2n) is 4.68. The van der Waals surface area contributed by atoms with Crippen molar-refractivity contribution in [1.29, 1.82) is 0 Å². The van der Waals surface area contributed by atoms with Gasteiger partial charge in [-0.05, 0) is 37.1 Å². The topological polar surface area (TPSA) is 50.4 Å². The molecule has 0 saturated heterocycles. The highest BCUT2D eigenvalue weighted by atomic mass is 19.3. The first kappa shape index (κ1) is 17.4. The van der Waals surface area contributed by atoms with Crippen LogP contribution in [0, 0.1) is 6.92 Å². The molecule has 4 nitrogen and oxygen atoms in total. The van der Waals surface area contributed by atoms with Crippen molar-refractivity contribution in [1.82, 2.24) is 5.32 Å². The lowest BCUT2D eigenvalue weighted by Gasteiger charge is -2.11. The number of anilines is 1. The molecule has 118 valence electrons. The summed E-state index contributed by atoms with van der Waals surface area (Å²) < 4.78 is 28.4. The van der Waals surface area contributed by atoms with E-state index in [2.05, 4.69) is 17.6 Å². The number of amides is 1. The molecule has 0 atom stereocenters. The maximum Gasteiger partial charge on any atom is 0.261 e. The molecule has 21 heavy (non-hydrogen) atoms. The van der Waals surface area contributed by atoms with Crippen LogP contribution in [-0.2, 0) is 4.74 Å². The molecule has 0 spiro atoms. The standard InChI is InChI=1S/C15H22F2N2O2/c1-3-6-18-12-4-5-13(11(2)9-12)15(20)19-7-8-21-10-14(16)17/h4-5,9,14,18H,3,6-8,10H2,1-2H3,(H,19,20). The molecular formula is C15H22F2N2O2. The molecule has 0 aliphatic rings. The van der Waals surface area contributed by atoms with Gasteiger partial charge in [0.25, 0.3) is 12.3 Å². The molecule has 0 aliphatic carbocycles. The maximum atomic E-state index is 12.0. The fourth-order valence-corrected chi connectivity index (χ4v) is 1.80. The van der Waals surface area contributed by atoms with Gasteiger partial charge in [0.15, 0.2) is 0 Å². The first-order chi connectivity index (χ1) is 10.0. The third kappa shape index (κ3) is 6.53. The van der Waals surface area contributed by atoms with E-state index in [9.17, 15) is 13.6 Å². The van der Waals surface area contributed by atoms with Gasteiger partial charge in [0, 0.05) is 24.3 Å². The lowest BCUT2D eigenvalue weighted by atomic mass is 10.1. The molecule has 6 heteroatoms. The van der Waals surface area contributed by atoms with Crippen molar-refractivity contribution in [3.05, 3.63) is 29.3 Å². The van der Waals surface area contributed by atoms with E-state index >= 15 is 0 Å². The van der Waals surface area contributed by atoms with E-state index in [4.69, 9.17) is 4.74 Å². The van der Waals surface area contributed by atoms with E-state index in [-0.39, 0.29) is 19.1 Å². The molecular weight excluding hydrogens is 278 g/mol. The van der Waals surface area contributed by atoms with Crippen LogP contribution in [0.5, 0.6) is 0 Å². The average Bonchev–Trinajstić information content (AvgIpc) is 2.44. The van der Waals surface area contributed by atoms with Gasteiger partial charge in [-0.2, -0.15) is 0 Å². The number of hydrogen-bond acceptors (Lipinski definition) is 3. The Hall–Kier alpha value is -1.69. The number of ether oxygens (including phenoxy) is 1. The molecule has 1 rings (SSSR count). The van der Waals surface area contributed by atoms with Crippen molar-refractivity contribution in [2.75, 3.05) is 31.6 Å². The van der Waals surface area contributed by atoms with E-state index in [1.807, 2.05) is 19.1 Å². The van der Waals surface area contributed by atoms with Gasteiger partial charge in [0.05, 0.1) is 6.61 Å². The van der Waals surface area contributed by atoms with Gasteiger partial charge >= 0.3 is 0 Å². The van der Waals surface area contributed by atoms with E-state index in [0.717, 1.165) is 24.2 Å². The minimum atomic E-state index is -2.48. The van der Waals surface area contributed by atoms with Crippen LogP contribution < -0.4 is 10.6 Å². The van der Waals surface area contributed by atoms with Crippen LogP contribution >= 0.6 is 0 Å².